The van der Waals surface area contributed by atoms with E-state index in [1.54, 1.807) is 0 Å². The van der Waals surface area contributed by atoms with Crippen molar-refractivity contribution >= 4 is 0 Å². The van der Waals surface area contributed by atoms with Gasteiger partial charge in [0.15, 0.2) is 0 Å². The molecule has 0 bridgehead atoms. The van der Waals surface area contributed by atoms with Crippen molar-refractivity contribution in [1.82, 2.24) is 10.2 Å². The summed E-state index contributed by atoms with van der Waals surface area (Å²) in [5.41, 5.74) is 0.294. The molecule has 2 rings (SSSR count). The van der Waals surface area contributed by atoms with Crippen LogP contribution in [0.2, 0.25) is 0 Å². The molecule has 2 atom stereocenters. The molecule has 19 heavy (non-hydrogen) atoms. The zero-order valence-electron chi connectivity index (χ0n) is 13.2. The average Bonchev–Trinajstić information content (AvgIpc) is 2.83. The molecule has 2 aliphatic heterocycles. The van der Waals surface area contributed by atoms with Gasteiger partial charge in [0.05, 0.1) is 6.10 Å². The first kappa shape index (κ1) is 15.3. The van der Waals surface area contributed by atoms with Crippen LogP contribution in [0.15, 0.2) is 0 Å². The fraction of sp³-hybridized carbons (Fsp3) is 1.00. The van der Waals surface area contributed by atoms with Crippen molar-refractivity contribution in [2.75, 3.05) is 26.2 Å². The Kier molecular flexibility index (Phi) is 5.27. The van der Waals surface area contributed by atoms with E-state index >= 15 is 0 Å². The maximum atomic E-state index is 5.72. The Morgan fingerprint density at radius 2 is 2.16 bits per heavy atom. The number of ether oxygens (including phenoxy) is 1. The minimum atomic E-state index is 0.294. The summed E-state index contributed by atoms with van der Waals surface area (Å²) in [7, 11) is 0. The fourth-order valence-electron chi connectivity index (χ4n) is 3.26. The normalized spacial score (nSPS) is 32.1. The van der Waals surface area contributed by atoms with E-state index in [-0.39, 0.29) is 0 Å². The van der Waals surface area contributed by atoms with E-state index in [9.17, 15) is 0 Å². The molecule has 0 aromatic rings. The Morgan fingerprint density at radius 3 is 2.79 bits per heavy atom. The van der Waals surface area contributed by atoms with Gasteiger partial charge in [0.25, 0.3) is 0 Å². The van der Waals surface area contributed by atoms with Crippen LogP contribution in [0.3, 0.4) is 0 Å². The molecule has 1 N–H and O–H groups in total. The van der Waals surface area contributed by atoms with Gasteiger partial charge in [-0.1, -0.05) is 13.8 Å². The van der Waals surface area contributed by atoms with Gasteiger partial charge in [-0.25, -0.2) is 0 Å². The van der Waals surface area contributed by atoms with E-state index in [1.807, 2.05) is 0 Å². The Labute approximate surface area is 119 Å². The lowest BCUT2D eigenvalue weighted by Gasteiger charge is -2.47. The van der Waals surface area contributed by atoms with Gasteiger partial charge >= 0.3 is 0 Å². The highest BCUT2D eigenvalue weighted by molar-refractivity contribution is 4.93. The van der Waals surface area contributed by atoms with Gasteiger partial charge in [-0.2, -0.15) is 0 Å². The first-order valence-electron chi connectivity index (χ1n) is 8.09. The second kappa shape index (κ2) is 6.55. The minimum Gasteiger partial charge on any atom is -0.378 e. The van der Waals surface area contributed by atoms with E-state index in [2.05, 4.69) is 37.9 Å². The third kappa shape index (κ3) is 4.17. The third-order valence-corrected chi connectivity index (χ3v) is 4.85. The summed E-state index contributed by atoms with van der Waals surface area (Å²) in [6, 6.07) is 0.649. The van der Waals surface area contributed by atoms with Crippen LogP contribution in [-0.2, 0) is 4.74 Å². The SMILES string of the molecule is CC(C)C1CN(CCCC2CCCO2)C(C)(C)CN1. The van der Waals surface area contributed by atoms with Crippen LogP contribution in [0.1, 0.15) is 53.4 Å². The molecule has 0 amide bonds. The smallest absolute Gasteiger partial charge is 0.0576 e. The molecule has 0 aromatic carbocycles. The molecule has 2 aliphatic rings. The first-order valence-corrected chi connectivity index (χ1v) is 8.09. The Balaban J connectivity index is 1.77. The van der Waals surface area contributed by atoms with Crippen LogP contribution in [0.4, 0.5) is 0 Å². The van der Waals surface area contributed by atoms with Crippen LogP contribution in [0.5, 0.6) is 0 Å². The van der Waals surface area contributed by atoms with Crippen LogP contribution >= 0.6 is 0 Å². The molecule has 2 unspecified atom stereocenters. The van der Waals surface area contributed by atoms with Crippen molar-refractivity contribution in [1.29, 1.82) is 0 Å². The Bertz CT molecular complexity index is 272. The van der Waals surface area contributed by atoms with Crippen molar-refractivity contribution in [2.45, 2.75) is 71.1 Å². The summed E-state index contributed by atoms with van der Waals surface area (Å²) in [6.45, 7) is 13.9. The summed E-state index contributed by atoms with van der Waals surface area (Å²) >= 11 is 0. The lowest BCUT2D eigenvalue weighted by Crippen LogP contribution is -2.63. The monoisotopic (exact) mass is 268 g/mol. The van der Waals surface area contributed by atoms with Gasteiger partial charge in [0, 0.05) is 31.3 Å². The highest BCUT2D eigenvalue weighted by Gasteiger charge is 2.34. The van der Waals surface area contributed by atoms with Gasteiger partial charge in [-0.3, -0.25) is 4.90 Å². The molecule has 3 heteroatoms. The number of rotatable bonds is 5. The van der Waals surface area contributed by atoms with Crippen molar-refractivity contribution in [2.24, 2.45) is 5.92 Å². The number of nitrogens with zero attached hydrogens (tertiary/aromatic N) is 1. The molecule has 0 aromatic heterocycles. The van der Waals surface area contributed by atoms with E-state index in [0.29, 0.717) is 17.7 Å². The highest BCUT2D eigenvalue weighted by Crippen LogP contribution is 2.23. The molecule has 112 valence electrons. The average molecular weight is 268 g/mol. The predicted octanol–water partition coefficient (Wildman–Crippen LogP) is 2.65. The molecular weight excluding hydrogens is 236 g/mol. The Morgan fingerprint density at radius 1 is 1.37 bits per heavy atom. The number of hydrogen-bond donors (Lipinski definition) is 1. The van der Waals surface area contributed by atoms with E-state index in [4.69, 9.17) is 4.74 Å². The van der Waals surface area contributed by atoms with Gasteiger partial charge in [-0.05, 0) is 52.0 Å². The number of hydrogen-bond acceptors (Lipinski definition) is 3. The van der Waals surface area contributed by atoms with Crippen LogP contribution in [0, 0.1) is 5.92 Å². The summed E-state index contributed by atoms with van der Waals surface area (Å²) in [4.78, 5) is 2.68. The van der Waals surface area contributed by atoms with Crippen LogP contribution < -0.4 is 5.32 Å². The van der Waals surface area contributed by atoms with E-state index in [0.717, 1.165) is 19.1 Å². The second-order valence-corrected chi connectivity index (χ2v) is 7.27. The van der Waals surface area contributed by atoms with Gasteiger partial charge in [0.1, 0.15) is 0 Å². The van der Waals surface area contributed by atoms with Crippen molar-refractivity contribution in [3.63, 3.8) is 0 Å². The zero-order chi connectivity index (χ0) is 13.9. The molecule has 0 radical (unpaired) electrons. The highest BCUT2D eigenvalue weighted by atomic mass is 16.5. The second-order valence-electron chi connectivity index (χ2n) is 7.27. The first-order chi connectivity index (χ1) is 8.99. The van der Waals surface area contributed by atoms with Crippen molar-refractivity contribution in [3.05, 3.63) is 0 Å². The topological polar surface area (TPSA) is 24.5 Å². The maximum Gasteiger partial charge on any atom is 0.0576 e. The van der Waals surface area contributed by atoms with E-state index < -0.39 is 0 Å². The predicted molar refractivity (Wildman–Crippen MR) is 80.5 cm³/mol. The van der Waals surface area contributed by atoms with E-state index in [1.165, 1.54) is 38.8 Å². The summed E-state index contributed by atoms with van der Waals surface area (Å²) < 4.78 is 5.72. The van der Waals surface area contributed by atoms with Crippen molar-refractivity contribution in [3.8, 4) is 0 Å². The van der Waals surface area contributed by atoms with Gasteiger partial charge in [0.2, 0.25) is 0 Å². The number of nitrogens with one attached hydrogen (secondary N) is 1. The maximum absolute atomic E-state index is 5.72. The lowest BCUT2D eigenvalue weighted by molar-refractivity contribution is 0.0453. The molecule has 0 saturated carbocycles. The summed E-state index contributed by atoms with van der Waals surface area (Å²) in [6.07, 6.45) is 5.61. The van der Waals surface area contributed by atoms with Crippen LogP contribution in [-0.4, -0.2) is 48.8 Å². The molecule has 0 spiro atoms. The molecule has 2 heterocycles. The standard InChI is InChI=1S/C16H32N2O/c1-13(2)15-11-18(16(3,4)12-17-15)9-5-7-14-8-6-10-19-14/h13-15,17H,5-12H2,1-4H3. The lowest BCUT2D eigenvalue weighted by atomic mass is 9.92. The van der Waals surface area contributed by atoms with Crippen LogP contribution in [0.25, 0.3) is 0 Å². The molecule has 3 nitrogen and oxygen atoms in total. The van der Waals surface area contributed by atoms with Gasteiger partial charge < -0.3 is 10.1 Å². The quantitative estimate of drug-likeness (QED) is 0.829. The molecule has 2 fully saturated rings. The molecular formula is C16H32N2O. The largest absolute Gasteiger partial charge is 0.378 e. The zero-order valence-corrected chi connectivity index (χ0v) is 13.2. The molecule has 2 saturated heterocycles. The number of piperazine rings is 1. The third-order valence-electron chi connectivity index (χ3n) is 4.85. The molecule has 0 aliphatic carbocycles. The Hall–Kier alpha value is -0.120. The van der Waals surface area contributed by atoms with Crippen molar-refractivity contribution < 1.29 is 4.74 Å². The fourth-order valence-corrected chi connectivity index (χ4v) is 3.26. The summed E-state index contributed by atoms with van der Waals surface area (Å²) in [5, 5.41) is 3.70. The minimum absolute atomic E-state index is 0.294. The van der Waals surface area contributed by atoms with Gasteiger partial charge in [-0.15, -0.1) is 0 Å². The summed E-state index contributed by atoms with van der Waals surface area (Å²) in [5.74, 6) is 0.719.